The van der Waals surface area contributed by atoms with Crippen molar-refractivity contribution in [2.45, 2.75) is 51.5 Å². The van der Waals surface area contributed by atoms with E-state index in [1.165, 1.54) is 32.8 Å². The Kier molecular flexibility index (Phi) is 5.40. The van der Waals surface area contributed by atoms with Gasteiger partial charge in [0.25, 0.3) is 0 Å². The van der Waals surface area contributed by atoms with E-state index in [2.05, 4.69) is 19.2 Å². The zero-order valence-corrected chi connectivity index (χ0v) is 13.4. The number of hydrogen-bond donors (Lipinski definition) is 1. The Balaban J connectivity index is 2.04. The second-order valence-corrected chi connectivity index (χ2v) is 6.68. The van der Waals surface area contributed by atoms with Gasteiger partial charge in [-0.1, -0.05) is 57.0 Å². The zero-order valence-electron chi connectivity index (χ0n) is 13.4. The van der Waals surface area contributed by atoms with Crippen molar-refractivity contribution >= 4 is 5.97 Å². The molecule has 3 heteroatoms. The molecule has 0 saturated heterocycles. The van der Waals surface area contributed by atoms with E-state index in [0.717, 1.165) is 5.56 Å². The van der Waals surface area contributed by atoms with Crippen LogP contribution in [0.2, 0.25) is 0 Å². The SMILES string of the molecule is COC(=O)C(CNC1CCCCC1(C)C)c1ccccc1. The number of rotatable bonds is 5. The zero-order chi connectivity index (χ0) is 15.3. The maximum atomic E-state index is 12.1. The highest BCUT2D eigenvalue weighted by molar-refractivity contribution is 5.78. The molecule has 0 amide bonds. The van der Waals surface area contributed by atoms with Crippen molar-refractivity contribution in [1.82, 2.24) is 5.32 Å². The van der Waals surface area contributed by atoms with E-state index in [4.69, 9.17) is 4.74 Å². The highest BCUT2D eigenvalue weighted by atomic mass is 16.5. The van der Waals surface area contributed by atoms with E-state index >= 15 is 0 Å². The second kappa shape index (κ2) is 7.08. The van der Waals surface area contributed by atoms with E-state index in [1.807, 2.05) is 30.3 Å². The summed E-state index contributed by atoms with van der Waals surface area (Å²) in [6.45, 7) is 5.28. The standard InChI is InChI=1S/C18H27NO2/c1-18(2)12-8-7-11-16(18)19-13-15(17(20)21-3)14-9-5-4-6-10-14/h4-6,9-10,15-16,19H,7-8,11-13H2,1-3H3. The van der Waals surface area contributed by atoms with Crippen LogP contribution in [0.25, 0.3) is 0 Å². The first-order valence-corrected chi connectivity index (χ1v) is 7.91. The molecule has 0 spiro atoms. The van der Waals surface area contributed by atoms with Gasteiger partial charge in [0.2, 0.25) is 0 Å². The van der Waals surface area contributed by atoms with Crippen molar-refractivity contribution in [2.24, 2.45) is 5.41 Å². The van der Waals surface area contributed by atoms with Crippen LogP contribution >= 0.6 is 0 Å². The van der Waals surface area contributed by atoms with Crippen molar-refractivity contribution < 1.29 is 9.53 Å². The van der Waals surface area contributed by atoms with Crippen LogP contribution in [0.15, 0.2) is 30.3 Å². The summed E-state index contributed by atoms with van der Waals surface area (Å²) in [5.74, 6) is -0.392. The van der Waals surface area contributed by atoms with Gasteiger partial charge in [0.1, 0.15) is 0 Å². The van der Waals surface area contributed by atoms with Crippen LogP contribution in [0.5, 0.6) is 0 Å². The smallest absolute Gasteiger partial charge is 0.314 e. The average Bonchev–Trinajstić information content (AvgIpc) is 2.49. The minimum Gasteiger partial charge on any atom is -0.469 e. The topological polar surface area (TPSA) is 38.3 Å². The van der Waals surface area contributed by atoms with E-state index < -0.39 is 0 Å². The van der Waals surface area contributed by atoms with Gasteiger partial charge in [0, 0.05) is 12.6 Å². The molecule has 0 aromatic heterocycles. The maximum Gasteiger partial charge on any atom is 0.314 e. The molecule has 1 fully saturated rings. The molecule has 0 heterocycles. The van der Waals surface area contributed by atoms with Gasteiger partial charge in [-0.25, -0.2) is 0 Å². The fourth-order valence-corrected chi connectivity index (χ4v) is 3.30. The first-order valence-electron chi connectivity index (χ1n) is 7.91. The van der Waals surface area contributed by atoms with Gasteiger partial charge < -0.3 is 10.1 Å². The Hall–Kier alpha value is -1.35. The van der Waals surface area contributed by atoms with Gasteiger partial charge in [-0.15, -0.1) is 0 Å². The fourth-order valence-electron chi connectivity index (χ4n) is 3.30. The summed E-state index contributed by atoms with van der Waals surface area (Å²) in [7, 11) is 1.46. The van der Waals surface area contributed by atoms with E-state index in [9.17, 15) is 4.79 Å². The number of esters is 1. The third-order valence-corrected chi connectivity index (χ3v) is 4.76. The molecule has 0 bridgehead atoms. The van der Waals surface area contributed by atoms with Crippen LogP contribution in [0.3, 0.4) is 0 Å². The van der Waals surface area contributed by atoms with Crippen LogP contribution in [-0.2, 0) is 9.53 Å². The van der Waals surface area contributed by atoms with Crippen LogP contribution in [-0.4, -0.2) is 25.7 Å². The van der Waals surface area contributed by atoms with Crippen molar-refractivity contribution in [1.29, 1.82) is 0 Å². The van der Waals surface area contributed by atoms with Crippen molar-refractivity contribution in [3.63, 3.8) is 0 Å². The minimum absolute atomic E-state index is 0.165. The molecule has 2 atom stereocenters. The van der Waals surface area contributed by atoms with E-state index in [-0.39, 0.29) is 11.9 Å². The van der Waals surface area contributed by atoms with Crippen LogP contribution in [0.4, 0.5) is 0 Å². The Morgan fingerprint density at radius 2 is 2.05 bits per heavy atom. The lowest BCUT2D eigenvalue weighted by molar-refractivity contribution is -0.142. The molecule has 1 aromatic rings. The maximum absolute atomic E-state index is 12.1. The lowest BCUT2D eigenvalue weighted by Crippen LogP contribution is -2.46. The lowest BCUT2D eigenvalue weighted by atomic mass is 9.73. The highest BCUT2D eigenvalue weighted by Crippen LogP contribution is 2.35. The minimum atomic E-state index is -0.228. The summed E-state index contributed by atoms with van der Waals surface area (Å²) in [6, 6.07) is 10.4. The molecule has 0 radical (unpaired) electrons. The Labute approximate surface area is 128 Å². The van der Waals surface area contributed by atoms with Gasteiger partial charge in [-0.05, 0) is 23.8 Å². The van der Waals surface area contributed by atoms with Crippen molar-refractivity contribution in [2.75, 3.05) is 13.7 Å². The lowest BCUT2D eigenvalue weighted by Gasteiger charge is -2.39. The molecular formula is C18H27NO2. The molecule has 1 aliphatic carbocycles. The van der Waals surface area contributed by atoms with Crippen LogP contribution in [0, 0.1) is 5.41 Å². The molecule has 0 aliphatic heterocycles. The molecular weight excluding hydrogens is 262 g/mol. The van der Waals surface area contributed by atoms with Gasteiger partial charge in [0.15, 0.2) is 0 Å². The number of nitrogens with one attached hydrogen (secondary N) is 1. The summed E-state index contributed by atoms with van der Waals surface area (Å²) in [4.78, 5) is 12.1. The summed E-state index contributed by atoms with van der Waals surface area (Å²) in [5, 5.41) is 3.62. The molecule has 1 N–H and O–H groups in total. The molecule has 1 saturated carbocycles. The number of methoxy groups -OCH3 is 1. The van der Waals surface area contributed by atoms with Gasteiger partial charge in [-0.2, -0.15) is 0 Å². The van der Waals surface area contributed by atoms with Gasteiger partial charge in [-0.3, -0.25) is 4.79 Å². The fraction of sp³-hybridized carbons (Fsp3) is 0.611. The van der Waals surface area contributed by atoms with Crippen LogP contribution in [0.1, 0.15) is 51.0 Å². The number of ether oxygens (including phenoxy) is 1. The predicted molar refractivity (Wildman–Crippen MR) is 85.2 cm³/mol. The Morgan fingerprint density at radius 3 is 2.67 bits per heavy atom. The van der Waals surface area contributed by atoms with E-state index in [1.54, 1.807) is 0 Å². The molecule has 1 aliphatic rings. The number of benzene rings is 1. The molecule has 116 valence electrons. The van der Waals surface area contributed by atoms with Crippen molar-refractivity contribution in [3.8, 4) is 0 Å². The highest BCUT2D eigenvalue weighted by Gasteiger charge is 2.33. The number of hydrogen-bond acceptors (Lipinski definition) is 3. The third-order valence-electron chi connectivity index (χ3n) is 4.76. The Morgan fingerprint density at radius 1 is 1.33 bits per heavy atom. The number of carbonyl (C=O) groups excluding carboxylic acids is 1. The van der Waals surface area contributed by atoms with Gasteiger partial charge >= 0.3 is 5.97 Å². The summed E-state index contributed by atoms with van der Waals surface area (Å²) >= 11 is 0. The first-order chi connectivity index (χ1) is 10.0. The average molecular weight is 289 g/mol. The monoisotopic (exact) mass is 289 g/mol. The second-order valence-electron chi connectivity index (χ2n) is 6.68. The molecule has 2 unspecified atom stereocenters. The van der Waals surface area contributed by atoms with Gasteiger partial charge in [0.05, 0.1) is 13.0 Å². The molecule has 21 heavy (non-hydrogen) atoms. The normalized spacial score (nSPS) is 22.5. The predicted octanol–water partition coefficient (Wildman–Crippen LogP) is 3.50. The summed E-state index contributed by atoms with van der Waals surface area (Å²) < 4.78 is 4.98. The summed E-state index contributed by atoms with van der Waals surface area (Å²) in [5.41, 5.74) is 1.32. The quantitative estimate of drug-likeness (QED) is 0.843. The third kappa shape index (κ3) is 4.07. The van der Waals surface area contributed by atoms with E-state index in [0.29, 0.717) is 18.0 Å². The largest absolute Gasteiger partial charge is 0.469 e. The molecule has 1 aromatic carbocycles. The van der Waals surface area contributed by atoms with Crippen molar-refractivity contribution in [3.05, 3.63) is 35.9 Å². The summed E-state index contributed by atoms with van der Waals surface area (Å²) in [6.07, 6.45) is 5.02. The van der Waals surface area contributed by atoms with Crippen LogP contribution < -0.4 is 5.32 Å². The Bertz CT molecular complexity index is 456. The molecule has 3 nitrogen and oxygen atoms in total. The number of carbonyl (C=O) groups is 1. The molecule has 2 rings (SSSR count). The first kappa shape index (κ1) is 16.0.